The maximum Gasteiger partial charge on any atom is 0.256 e. The van der Waals surface area contributed by atoms with Crippen LogP contribution in [0.4, 0.5) is 5.69 Å². The van der Waals surface area contributed by atoms with Crippen molar-refractivity contribution in [1.82, 2.24) is 30.4 Å². The Hall–Kier alpha value is -3.69. The molecule has 202 valence electrons. The summed E-state index contributed by atoms with van der Waals surface area (Å²) in [6, 6.07) is 14.5. The highest BCUT2D eigenvalue weighted by molar-refractivity contribution is 5.87. The van der Waals surface area contributed by atoms with Crippen LogP contribution in [0, 0.1) is 0 Å². The molecule has 3 aromatic rings. The predicted molar refractivity (Wildman–Crippen MR) is 150 cm³/mol. The second kappa shape index (κ2) is 12.7. The zero-order chi connectivity index (χ0) is 27.1. The van der Waals surface area contributed by atoms with Gasteiger partial charge in [-0.1, -0.05) is 44.2 Å². The van der Waals surface area contributed by atoms with Crippen LogP contribution < -0.4 is 15.5 Å². The van der Waals surface area contributed by atoms with E-state index in [1.54, 1.807) is 9.69 Å². The van der Waals surface area contributed by atoms with Crippen LogP contribution in [0.2, 0.25) is 0 Å². The van der Waals surface area contributed by atoms with Gasteiger partial charge in [0.25, 0.3) is 5.91 Å². The number of amides is 2. The van der Waals surface area contributed by atoms with Crippen LogP contribution in [-0.4, -0.2) is 71.4 Å². The first-order valence-electron chi connectivity index (χ1n) is 13.3. The lowest BCUT2D eigenvalue weighted by Crippen LogP contribution is -2.48. The highest BCUT2D eigenvalue weighted by Crippen LogP contribution is 2.29. The van der Waals surface area contributed by atoms with Gasteiger partial charge in [-0.2, -0.15) is 5.10 Å². The van der Waals surface area contributed by atoms with Gasteiger partial charge in [0.2, 0.25) is 5.91 Å². The van der Waals surface area contributed by atoms with Crippen molar-refractivity contribution in [2.24, 2.45) is 7.05 Å². The zero-order valence-electron chi connectivity index (χ0n) is 22.9. The van der Waals surface area contributed by atoms with E-state index in [2.05, 4.69) is 40.9 Å². The fourth-order valence-corrected chi connectivity index (χ4v) is 4.80. The van der Waals surface area contributed by atoms with Gasteiger partial charge in [-0.15, -0.1) is 0 Å². The molecule has 0 bridgehead atoms. The molecule has 0 fully saturated rings. The number of carbonyl (C=O) groups excluding carboxylic acids is 2. The molecule has 4 rings (SSSR count). The van der Waals surface area contributed by atoms with E-state index in [1.807, 2.05) is 67.6 Å². The van der Waals surface area contributed by atoms with Gasteiger partial charge in [0, 0.05) is 57.7 Å². The molecule has 0 atom stereocenters. The Kier molecular flexibility index (Phi) is 9.15. The summed E-state index contributed by atoms with van der Waals surface area (Å²) in [5.41, 5.74) is 6.55. The average Bonchev–Trinajstić information content (AvgIpc) is 3.56. The van der Waals surface area contributed by atoms with Crippen LogP contribution in [0.3, 0.4) is 0 Å². The molecule has 38 heavy (non-hydrogen) atoms. The molecule has 0 radical (unpaired) electrons. The molecule has 0 spiro atoms. The predicted octanol–water partition coefficient (Wildman–Crippen LogP) is 2.57. The monoisotopic (exact) mass is 517 g/mol. The minimum atomic E-state index is -0.106. The summed E-state index contributed by atoms with van der Waals surface area (Å²) in [5.74, 6) is -0.165. The second-order valence-corrected chi connectivity index (χ2v) is 9.67. The fraction of sp³-hybridized carbons (Fsp3) is 0.414. The molecular formula is C29H39N7O2. The molecular weight excluding hydrogens is 478 g/mol. The Morgan fingerprint density at radius 2 is 1.74 bits per heavy atom. The Labute approximate surface area is 225 Å². The Morgan fingerprint density at radius 3 is 2.37 bits per heavy atom. The summed E-state index contributed by atoms with van der Waals surface area (Å²) >= 11 is 0. The third kappa shape index (κ3) is 6.59. The number of nitrogens with one attached hydrogen (secondary N) is 2. The molecule has 2 amide bonds. The largest absolute Gasteiger partial charge is 0.353 e. The summed E-state index contributed by atoms with van der Waals surface area (Å²) in [6.45, 7) is 7.83. The van der Waals surface area contributed by atoms with Gasteiger partial charge in [-0.25, -0.2) is 5.01 Å². The number of aryl methyl sites for hydroxylation is 2. The molecule has 1 aliphatic rings. The van der Waals surface area contributed by atoms with E-state index in [9.17, 15) is 9.59 Å². The topological polar surface area (TPSA) is 85.7 Å². The third-order valence-electron chi connectivity index (χ3n) is 6.98. The summed E-state index contributed by atoms with van der Waals surface area (Å²) in [5, 5.41) is 14.2. The van der Waals surface area contributed by atoms with Crippen molar-refractivity contribution in [3.8, 4) is 11.1 Å². The van der Waals surface area contributed by atoms with Gasteiger partial charge in [-0.3, -0.25) is 19.3 Å². The molecule has 2 aromatic carbocycles. The number of anilines is 1. The molecule has 0 aliphatic carbocycles. The van der Waals surface area contributed by atoms with Gasteiger partial charge in [0.1, 0.15) is 0 Å². The quantitative estimate of drug-likeness (QED) is 0.359. The smallest absolute Gasteiger partial charge is 0.256 e. The standard InChI is InChI=1S/C29H39N7O2/c1-5-22-15-23(26-16-32-33(3)17-26)11-12-27(22)35(20-28(37)31-14-13-30-6-2)21-29(38)34(4)36-18-24-9-7-8-10-25(24)19-36/h7-12,15-17,30H,5-6,13-14,18-21H2,1-4H3,(H,31,37). The van der Waals surface area contributed by atoms with E-state index in [4.69, 9.17) is 0 Å². The van der Waals surface area contributed by atoms with Crippen molar-refractivity contribution < 1.29 is 9.59 Å². The summed E-state index contributed by atoms with van der Waals surface area (Å²) in [4.78, 5) is 28.3. The van der Waals surface area contributed by atoms with Crippen molar-refractivity contribution in [2.45, 2.75) is 33.4 Å². The summed E-state index contributed by atoms with van der Waals surface area (Å²) < 4.78 is 1.78. The number of likely N-dealkylation sites (N-methyl/N-ethyl adjacent to an activating group) is 2. The number of nitrogens with zero attached hydrogens (tertiary/aromatic N) is 5. The first kappa shape index (κ1) is 27.3. The van der Waals surface area contributed by atoms with Crippen LogP contribution in [0.15, 0.2) is 54.9 Å². The van der Waals surface area contributed by atoms with Gasteiger partial charge in [0.15, 0.2) is 0 Å². The van der Waals surface area contributed by atoms with Crippen LogP contribution in [0.25, 0.3) is 11.1 Å². The minimum Gasteiger partial charge on any atom is -0.353 e. The second-order valence-electron chi connectivity index (χ2n) is 9.67. The lowest BCUT2D eigenvalue weighted by molar-refractivity contribution is -0.145. The third-order valence-corrected chi connectivity index (χ3v) is 6.98. The molecule has 9 nitrogen and oxygen atoms in total. The Balaban J connectivity index is 1.53. The molecule has 9 heteroatoms. The number of fused-ring (bicyclic) bond motifs is 1. The number of rotatable bonds is 12. The number of hydrogen-bond acceptors (Lipinski definition) is 6. The normalized spacial score (nSPS) is 12.8. The maximum atomic E-state index is 13.5. The Bertz CT molecular complexity index is 1230. The van der Waals surface area contributed by atoms with E-state index < -0.39 is 0 Å². The molecule has 0 unspecified atom stereocenters. The number of benzene rings is 2. The number of hydrazine groups is 1. The molecule has 0 saturated heterocycles. The van der Waals surface area contributed by atoms with Gasteiger partial charge >= 0.3 is 0 Å². The molecule has 2 heterocycles. The van der Waals surface area contributed by atoms with Crippen molar-refractivity contribution in [2.75, 3.05) is 44.7 Å². The van der Waals surface area contributed by atoms with E-state index in [1.165, 1.54) is 11.1 Å². The van der Waals surface area contributed by atoms with Crippen LogP contribution in [0.5, 0.6) is 0 Å². The molecule has 2 N–H and O–H groups in total. The summed E-state index contributed by atoms with van der Waals surface area (Å²) in [6.07, 6.45) is 4.60. The molecule has 1 aliphatic heterocycles. The lowest BCUT2D eigenvalue weighted by Gasteiger charge is -2.32. The zero-order valence-corrected chi connectivity index (χ0v) is 22.9. The van der Waals surface area contributed by atoms with E-state index in [0.29, 0.717) is 26.2 Å². The van der Waals surface area contributed by atoms with Gasteiger partial charge < -0.3 is 15.5 Å². The minimum absolute atomic E-state index is 0.0587. The molecule has 1 aromatic heterocycles. The number of carbonyl (C=O) groups is 2. The number of aromatic nitrogens is 2. The van der Waals surface area contributed by atoms with Crippen molar-refractivity contribution in [3.05, 3.63) is 71.5 Å². The highest BCUT2D eigenvalue weighted by Gasteiger charge is 2.27. The van der Waals surface area contributed by atoms with Gasteiger partial charge in [0.05, 0.1) is 19.3 Å². The van der Waals surface area contributed by atoms with Crippen molar-refractivity contribution >= 4 is 17.5 Å². The fourth-order valence-electron chi connectivity index (χ4n) is 4.80. The maximum absolute atomic E-state index is 13.5. The SMILES string of the molecule is CCNCCNC(=O)CN(CC(=O)N(C)N1Cc2ccccc2C1)c1ccc(-c2cnn(C)c2)cc1CC. The van der Waals surface area contributed by atoms with Crippen molar-refractivity contribution in [1.29, 1.82) is 0 Å². The van der Waals surface area contributed by atoms with E-state index in [-0.39, 0.29) is 24.9 Å². The van der Waals surface area contributed by atoms with Gasteiger partial charge in [-0.05, 0) is 47.4 Å². The first-order valence-corrected chi connectivity index (χ1v) is 13.3. The lowest BCUT2D eigenvalue weighted by atomic mass is 10.0. The first-order chi connectivity index (χ1) is 18.4. The van der Waals surface area contributed by atoms with E-state index >= 15 is 0 Å². The van der Waals surface area contributed by atoms with Crippen LogP contribution in [0.1, 0.15) is 30.5 Å². The van der Waals surface area contributed by atoms with Crippen LogP contribution in [-0.2, 0) is 36.1 Å². The van der Waals surface area contributed by atoms with E-state index in [0.717, 1.165) is 35.3 Å². The summed E-state index contributed by atoms with van der Waals surface area (Å²) in [7, 11) is 3.71. The Morgan fingerprint density at radius 1 is 1.00 bits per heavy atom. The van der Waals surface area contributed by atoms with Crippen molar-refractivity contribution in [3.63, 3.8) is 0 Å². The average molecular weight is 518 g/mol. The molecule has 0 saturated carbocycles. The van der Waals surface area contributed by atoms with Crippen LogP contribution >= 0.6 is 0 Å². The number of hydrogen-bond donors (Lipinski definition) is 2. The highest BCUT2D eigenvalue weighted by atomic mass is 16.2.